The van der Waals surface area contributed by atoms with Crippen LogP contribution in [0.4, 0.5) is 5.69 Å². The fourth-order valence-electron chi connectivity index (χ4n) is 4.19. The second kappa shape index (κ2) is 8.24. The lowest BCUT2D eigenvalue weighted by molar-refractivity contribution is 0.0923. The lowest BCUT2D eigenvalue weighted by Gasteiger charge is -2.32. The van der Waals surface area contributed by atoms with Crippen molar-refractivity contribution in [2.75, 3.05) is 37.8 Å². The zero-order chi connectivity index (χ0) is 20.5. The van der Waals surface area contributed by atoms with Crippen LogP contribution < -0.4 is 15.0 Å². The number of anilines is 1. The Labute approximate surface area is 183 Å². The van der Waals surface area contributed by atoms with Crippen LogP contribution in [0.25, 0.3) is 10.9 Å². The van der Waals surface area contributed by atoms with Crippen molar-refractivity contribution in [3.8, 4) is 5.75 Å². The third-order valence-electron chi connectivity index (χ3n) is 5.66. The maximum Gasteiger partial charge on any atom is 0.255 e. The summed E-state index contributed by atoms with van der Waals surface area (Å²) in [6, 6.07) is 13.8. The molecule has 1 atom stereocenters. The van der Waals surface area contributed by atoms with E-state index < -0.39 is 0 Å². The molecule has 0 unspecified atom stereocenters. The van der Waals surface area contributed by atoms with Crippen molar-refractivity contribution in [2.45, 2.75) is 12.5 Å². The maximum atomic E-state index is 13.5. The number of carbonyl (C=O) groups is 1. The number of para-hydroxylation sites is 2. The van der Waals surface area contributed by atoms with Crippen LogP contribution in [-0.4, -0.2) is 43.8 Å². The fraction of sp³-hybridized carbons (Fsp3) is 0.304. The Morgan fingerprint density at radius 1 is 1.10 bits per heavy atom. The molecule has 1 saturated heterocycles. The Morgan fingerprint density at radius 3 is 2.80 bits per heavy atom. The second-order valence-corrected chi connectivity index (χ2v) is 8.31. The SMILES string of the molecule is O=C(N[C@H]1CCOc2ccccc21)c1cnc2c(Br)cccc2c1N1CCOCC1. The summed E-state index contributed by atoms with van der Waals surface area (Å²) >= 11 is 3.59. The van der Waals surface area contributed by atoms with Crippen molar-refractivity contribution in [3.05, 3.63) is 64.3 Å². The van der Waals surface area contributed by atoms with E-state index in [2.05, 4.69) is 31.1 Å². The van der Waals surface area contributed by atoms with E-state index in [9.17, 15) is 4.79 Å². The summed E-state index contributed by atoms with van der Waals surface area (Å²) in [5.74, 6) is 0.718. The lowest BCUT2D eigenvalue weighted by atomic mass is 9.99. The molecule has 1 amide bonds. The van der Waals surface area contributed by atoms with Crippen LogP contribution in [0.2, 0.25) is 0 Å². The van der Waals surface area contributed by atoms with Gasteiger partial charge in [0.15, 0.2) is 0 Å². The molecule has 0 radical (unpaired) electrons. The smallest absolute Gasteiger partial charge is 0.255 e. The molecule has 0 saturated carbocycles. The van der Waals surface area contributed by atoms with Crippen molar-refractivity contribution in [2.24, 2.45) is 0 Å². The van der Waals surface area contributed by atoms with Gasteiger partial charge in [0.1, 0.15) is 5.75 Å². The monoisotopic (exact) mass is 467 g/mol. The molecule has 5 rings (SSSR count). The molecule has 0 aliphatic carbocycles. The Kier molecular flexibility index (Phi) is 5.31. The molecule has 1 aromatic heterocycles. The molecule has 154 valence electrons. The standard InChI is InChI=1S/C23H22BrN3O3/c24-18-6-3-5-16-21(18)25-14-17(22(16)27-9-12-29-13-10-27)23(28)26-19-8-11-30-20-7-2-1-4-15(19)20/h1-7,14,19H,8-13H2,(H,26,28)/t19-/m0/s1. The normalized spacial score (nSPS) is 18.6. The summed E-state index contributed by atoms with van der Waals surface area (Å²) in [6.45, 7) is 3.36. The van der Waals surface area contributed by atoms with Gasteiger partial charge in [-0.15, -0.1) is 0 Å². The van der Waals surface area contributed by atoms with Crippen molar-refractivity contribution in [3.63, 3.8) is 0 Å². The van der Waals surface area contributed by atoms with E-state index in [0.717, 1.165) is 51.9 Å². The summed E-state index contributed by atoms with van der Waals surface area (Å²) in [5, 5.41) is 4.19. The number of morpholine rings is 1. The van der Waals surface area contributed by atoms with Gasteiger partial charge in [0.25, 0.3) is 5.91 Å². The number of ether oxygens (including phenoxy) is 2. The number of nitrogens with zero attached hydrogens (tertiary/aromatic N) is 2. The molecule has 1 fully saturated rings. The highest BCUT2D eigenvalue weighted by molar-refractivity contribution is 9.10. The minimum absolute atomic E-state index is 0.0850. The molecular weight excluding hydrogens is 446 g/mol. The number of hydrogen-bond donors (Lipinski definition) is 1. The lowest BCUT2D eigenvalue weighted by Crippen LogP contribution is -2.39. The van der Waals surface area contributed by atoms with Crippen LogP contribution in [0.3, 0.4) is 0 Å². The van der Waals surface area contributed by atoms with Crippen molar-refractivity contribution < 1.29 is 14.3 Å². The van der Waals surface area contributed by atoms with Gasteiger partial charge in [-0.05, 0) is 28.1 Å². The van der Waals surface area contributed by atoms with Gasteiger partial charge in [-0.1, -0.05) is 30.3 Å². The summed E-state index contributed by atoms with van der Waals surface area (Å²) in [4.78, 5) is 20.3. The number of aromatic nitrogens is 1. The minimum atomic E-state index is -0.118. The molecule has 30 heavy (non-hydrogen) atoms. The van der Waals surface area contributed by atoms with Gasteiger partial charge in [-0.2, -0.15) is 0 Å². The first kappa shape index (κ1) is 19.3. The van der Waals surface area contributed by atoms with Gasteiger partial charge in [0, 0.05) is 41.1 Å². The molecule has 7 heteroatoms. The number of nitrogens with one attached hydrogen (secondary N) is 1. The second-order valence-electron chi connectivity index (χ2n) is 7.46. The highest BCUT2D eigenvalue weighted by Gasteiger charge is 2.27. The third kappa shape index (κ3) is 3.52. The topological polar surface area (TPSA) is 63.7 Å². The molecular formula is C23H22BrN3O3. The van der Waals surface area contributed by atoms with E-state index in [0.29, 0.717) is 25.4 Å². The molecule has 3 heterocycles. The molecule has 2 aliphatic rings. The summed E-state index contributed by atoms with van der Waals surface area (Å²) in [6.07, 6.45) is 2.43. The van der Waals surface area contributed by atoms with Gasteiger partial charge in [-0.25, -0.2) is 0 Å². The van der Waals surface area contributed by atoms with Crippen molar-refractivity contribution in [1.29, 1.82) is 0 Å². The minimum Gasteiger partial charge on any atom is -0.493 e. The summed E-state index contributed by atoms with van der Waals surface area (Å²) < 4.78 is 12.2. The van der Waals surface area contributed by atoms with E-state index >= 15 is 0 Å². The Hall–Kier alpha value is -2.64. The Bertz CT molecular complexity index is 1100. The number of pyridine rings is 1. The number of benzene rings is 2. The predicted octanol–water partition coefficient (Wildman–Crippen LogP) is 4.09. The van der Waals surface area contributed by atoms with Gasteiger partial charge in [-0.3, -0.25) is 9.78 Å². The van der Waals surface area contributed by atoms with E-state index in [1.54, 1.807) is 6.20 Å². The summed E-state index contributed by atoms with van der Waals surface area (Å²) in [5.41, 5.74) is 3.38. The molecule has 2 aromatic carbocycles. The fourth-order valence-corrected chi connectivity index (χ4v) is 4.66. The molecule has 3 aromatic rings. The highest BCUT2D eigenvalue weighted by atomic mass is 79.9. The van der Waals surface area contributed by atoms with Crippen LogP contribution in [0, 0.1) is 0 Å². The quantitative estimate of drug-likeness (QED) is 0.628. The number of hydrogen-bond acceptors (Lipinski definition) is 5. The molecule has 0 bridgehead atoms. The first-order chi connectivity index (χ1) is 14.7. The molecule has 0 spiro atoms. The van der Waals surface area contributed by atoms with E-state index in [1.165, 1.54) is 0 Å². The predicted molar refractivity (Wildman–Crippen MR) is 119 cm³/mol. The maximum absolute atomic E-state index is 13.5. The molecule has 2 aliphatic heterocycles. The number of halogens is 1. The highest BCUT2D eigenvalue weighted by Crippen LogP contribution is 2.35. The number of amides is 1. The van der Waals surface area contributed by atoms with Gasteiger partial charge in [0.05, 0.1) is 42.6 Å². The largest absolute Gasteiger partial charge is 0.493 e. The van der Waals surface area contributed by atoms with E-state index in [4.69, 9.17) is 9.47 Å². The number of fused-ring (bicyclic) bond motifs is 2. The van der Waals surface area contributed by atoms with Gasteiger partial charge >= 0.3 is 0 Å². The first-order valence-electron chi connectivity index (χ1n) is 10.1. The number of carbonyl (C=O) groups excluding carboxylic acids is 1. The van der Waals surface area contributed by atoms with Crippen LogP contribution >= 0.6 is 15.9 Å². The average molecular weight is 468 g/mol. The zero-order valence-corrected chi connectivity index (χ0v) is 18.0. The molecule has 6 nitrogen and oxygen atoms in total. The van der Waals surface area contributed by atoms with Crippen molar-refractivity contribution >= 4 is 38.4 Å². The molecule has 1 N–H and O–H groups in total. The third-order valence-corrected chi connectivity index (χ3v) is 6.30. The van der Waals surface area contributed by atoms with Crippen LogP contribution in [0.5, 0.6) is 5.75 Å². The Morgan fingerprint density at radius 2 is 1.93 bits per heavy atom. The van der Waals surface area contributed by atoms with Crippen LogP contribution in [0.15, 0.2) is 53.1 Å². The number of rotatable bonds is 3. The van der Waals surface area contributed by atoms with Crippen LogP contribution in [0.1, 0.15) is 28.4 Å². The van der Waals surface area contributed by atoms with Crippen LogP contribution in [-0.2, 0) is 4.74 Å². The van der Waals surface area contributed by atoms with Gasteiger partial charge in [0.2, 0.25) is 0 Å². The Balaban J connectivity index is 1.54. The van der Waals surface area contributed by atoms with E-state index in [-0.39, 0.29) is 11.9 Å². The zero-order valence-electron chi connectivity index (χ0n) is 16.4. The average Bonchev–Trinajstić information content (AvgIpc) is 2.79. The van der Waals surface area contributed by atoms with E-state index in [1.807, 2.05) is 42.5 Å². The summed E-state index contributed by atoms with van der Waals surface area (Å²) in [7, 11) is 0. The van der Waals surface area contributed by atoms with Crippen molar-refractivity contribution in [1.82, 2.24) is 10.3 Å². The van der Waals surface area contributed by atoms with Gasteiger partial charge < -0.3 is 19.7 Å². The first-order valence-corrected chi connectivity index (χ1v) is 10.9.